The van der Waals surface area contributed by atoms with E-state index < -0.39 is 0 Å². The Labute approximate surface area is 108 Å². The summed E-state index contributed by atoms with van der Waals surface area (Å²) in [4.78, 5) is 11.3. The van der Waals surface area contributed by atoms with E-state index in [1.165, 1.54) is 17.1 Å². The van der Waals surface area contributed by atoms with Crippen LogP contribution >= 0.6 is 21.2 Å². The number of nitrogens with zero attached hydrogens (tertiary/aromatic N) is 4. The van der Waals surface area contributed by atoms with Crippen molar-refractivity contribution in [2.24, 2.45) is 0 Å². The van der Waals surface area contributed by atoms with Crippen molar-refractivity contribution < 1.29 is 0 Å². The zero-order chi connectivity index (χ0) is 11.8. The average Bonchev–Trinajstić information content (AvgIpc) is 2.73. The minimum Gasteiger partial charge on any atom is -0.354 e. The molecule has 1 aromatic heterocycles. The zero-order valence-electron chi connectivity index (χ0n) is 9.96. The van der Waals surface area contributed by atoms with Crippen LogP contribution in [0.5, 0.6) is 0 Å². The van der Waals surface area contributed by atoms with Crippen LogP contribution in [-0.4, -0.2) is 40.8 Å². The van der Waals surface area contributed by atoms with E-state index in [0.717, 1.165) is 31.9 Å². The lowest BCUT2D eigenvalue weighted by Crippen LogP contribution is -2.43. The van der Waals surface area contributed by atoms with Crippen molar-refractivity contribution in [1.29, 1.82) is 0 Å². The standard InChI is InChI=1S/C11H17N4PS/c1-8-10-9(6-17-8)12-7-13-11(10)14-2-4-15(16)5-3-14/h7-8H,2-6,16H2,1H3. The van der Waals surface area contributed by atoms with Gasteiger partial charge in [0.05, 0.1) is 5.69 Å². The highest BCUT2D eigenvalue weighted by Gasteiger charge is 2.28. The second-order valence-electron chi connectivity index (χ2n) is 4.53. The summed E-state index contributed by atoms with van der Waals surface area (Å²) in [6.07, 6.45) is 1.72. The number of piperazine rings is 1. The molecule has 3 rings (SSSR count). The summed E-state index contributed by atoms with van der Waals surface area (Å²) >= 11 is 1.96. The molecule has 4 nitrogen and oxygen atoms in total. The van der Waals surface area contributed by atoms with Crippen molar-refractivity contribution >= 4 is 27.0 Å². The lowest BCUT2D eigenvalue weighted by molar-refractivity contribution is 0.426. The Kier molecular flexibility index (Phi) is 3.24. The van der Waals surface area contributed by atoms with Gasteiger partial charge in [-0.15, -0.1) is 11.8 Å². The normalized spacial score (nSPS) is 25.1. The molecule has 0 bridgehead atoms. The number of anilines is 1. The summed E-state index contributed by atoms with van der Waals surface area (Å²) in [5.74, 6) is 2.21. The maximum Gasteiger partial charge on any atom is 0.136 e. The Morgan fingerprint density at radius 2 is 2.06 bits per heavy atom. The maximum atomic E-state index is 4.53. The van der Waals surface area contributed by atoms with E-state index in [4.69, 9.17) is 0 Å². The van der Waals surface area contributed by atoms with Crippen LogP contribution in [0.4, 0.5) is 5.82 Å². The molecule has 2 aliphatic rings. The Hall–Kier alpha value is -0.380. The van der Waals surface area contributed by atoms with Crippen molar-refractivity contribution in [1.82, 2.24) is 14.6 Å². The van der Waals surface area contributed by atoms with Gasteiger partial charge in [0.2, 0.25) is 0 Å². The number of rotatable bonds is 1. The molecule has 0 amide bonds. The van der Waals surface area contributed by atoms with Gasteiger partial charge in [0.15, 0.2) is 0 Å². The summed E-state index contributed by atoms with van der Waals surface area (Å²) in [6.45, 7) is 6.56. The summed E-state index contributed by atoms with van der Waals surface area (Å²) in [5.41, 5.74) is 2.61. The van der Waals surface area contributed by atoms with E-state index in [0.29, 0.717) is 5.25 Å². The van der Waals surface area contributed by atoms with Gasteiger partial charge in [-0.2, -0.15) is 0 Å². The van der Waals surface area contributed by atoms with Crippen molar-refractivity contribution in [2.45, 2.75) is 17.9 Å². The first kappa shape index (κ1) is 11.7. The van der Waals surface area contributed by atoms with Gasteiger partial charge in [-0.05, 0) is 6.92 Å². The fourth-order valence-corrected chi connectivity index (χ4v) is 3.70. The van der Waals surface area contributed by atoms with Crippen LogP contribution in [-0.2, 0) is 5.75 Å². The molecule has 1 aromatic rings. The van der Waals surface area contributed by atoms with Crippen LogP contribution in [0.2, 0.25) is 0 Å². The minimum atomic E-state index is 0.537. The molecule has 0 N–H and O–H groups in total. The van der Waals surface area contributed by atoms with Crippen LogP contribution in [0.25, 0.3) is 0 Å². The van der Waals surface area contributed by atoms with Crippen molar-refractivity contribution in [3.8, 4) is 0 Å². The maximum absolute atomic E-state index is 4.53. The zero-order valence-corrected chi connectivity index (χ0v) is 11.9. The highest BCUT2D eigenvalue weighted by atomic mass is 32.2. The topological polar surface area (TPSA) is 32.3 Å². The predicted molar refractivity (Wildman–Crippen MR) is 75.2 cm³/mol. The molecule has 17 heavy (non-hydrogen) atoms. The largest absolute Gasteiger partial charge is 0.354 e. The molecular weight excluding hydrogens is 251 g/mol. The Morgan fingerprint density at radius 3 is 2.82 bits per heavy atom. The highest BCUT2D eigenvalue weighted by Crippen LogP contribution is 2.44. The highest BCUT2D eigenvalue weighted by molar-refractivity contribution is 7.99. The molecule has 0 radical (unpaired) electrons. The van der Waals surface area contributed by atoms with E-state index in [1.807, 2.05) is 11.8 Å². The van der Waals surface area contributed by atoms with E-state index in [1.54, 1.807) is 6.33 Å². The third-order valence-electron chi connectivity index (χ3n) is 3.44. The van der Waals surface area contributed by atoms with Crippen LogP contribution in [0, 0.1) is 0 Å². The molecule has 0 spiro atoms. The Bertz CT molecular complexity index is 420. The number of fused-ring (bicyclic) bond motifs is 1. The number of aromatic nitrogens is 2. The fourth-order valence-electron chi connectivity index (χ4n) is 2.43. The van der Waals surface area contributed by atoms with E-state index in [9.17, 15) is 0 Å². The Morgan fingerprint density at radius 1 is 1.29 bits per heavy atom. The molecule has 0 aromatic carbocycles. The molecule has 3 heterocycles. The van der Waals surface area contributed by atoms with Gasteiger partial charge >= 0.3 is 0 Å². The first-order valence-corrected chi connectivity index (χ1v) is 7.52. The molecule has 92 valence electrons. The van der Waals surface area contributed by atoms with Crippen LogP contribution < -0.4 is 4.90 Å². The smallest absolute Gasteiger partial charge is 0.136 e. The van der Waals surface area contributed by atoms with Gasteiger partial charge in [-0.1, -0.05) is 9.39 Å². The van der Waals surface area contributed by atoms with Crippen molar-refractivity contribution in [3.63, 3.8) is 0 Å². The third kappa shape index (κ3) is 2.16. The minimum absolute atomic E-state index is 0.537. The van der Waals surface area contributed by atoms with Gasteiger partial charge in [0.1, 0.15) is 12.1 Å². The van der Waals surface area contributed by atoms with Crippen molar-refractivity contribution in [3.05, 3.63) is 17.6 Å². The van der Waals surface area contributed by atoms with E-state index in [-0.39, 0.29) is 0 Å². The SMILES string of the molecule is CC1SCc2ncnc(N3CCN(P)CC3)c21. The lowest BCUT2D eigenvalue weighted by Gasteiger charge is -2.34. The monoisotopic (exact) mass is 268 g/mol. The first-order chi connectivity index (χ1) is 8.25. The first-order valence-electron chi connectivity index (χ1n) is 5.95. The summed E-state index contributed by atoms with van der Waals surface area (Å²) in [6, 6.07) is 0. The van der Waals surface area contributed by atoms with E-state index >= 15 is 0 Å². The van der Waals surface area contributed by atoms with Crippen LogP contribution in [0.3, 0.4) is 0 Å². The number of hydrogen-bond acceptors (Lipinski definition) is 5. The molecular formula is C11H17N4PS. The number of hydrogen-bond donors (Lipinski definition) is 0. The predicted octanol–water partition coefficient (Wildman–Crippen LogP) is 1.70. The summed E-state index contributed by atoms with van der Waals surface area (Å²) in [5, 5.41) is 0.537. The molecule has 1 fully saturated rings. The van der Waals surface area contributed by atoms with Gasteiger partial charge < -0.3 is 4.90 Å². The average molecular weight is 268 g/mol. The van der Waals surface area contributed by atoms with Crippen molar-refractivity contribution in [2.75, 3.05) is 31.1 Å². The Balaban J connectivity index is 1.91. The molecule has 2 atom stereocenters. The van der Waals surface area contributed by atoms with Gasteiger partial charge in [-0.25, -0.2) is 9.97 Å². The van der Waals surface area contributed by atoms with Gasteiger partial charge in [-0.3, -0.25) is 4.67 Å². The van der Waals surface area contributed by atoms with Gasteiger partial charge in [0, 0.05) is 42.7 Å². The van der Waals surface area contributed by atoms with Crippen LogP contribution in [0.15, 0.2) is 6.33 Å². The van der Waals surface area contributed by atoms with E-state index in [2.05, 4.69) is 35.9 Å². The molecule has 2 unspecified atom stereocenters. The summed E-state index contributed by atoms with van der Waals surface area (Å²) in [7, 11) is 2.78. The molecule has 0 aliphatic carbocycles. The lowest BCUT2D eigenvalue weighted by atomic mass is 10.1. The number of thioether (sulfide) groups is 1. The third-order valence-corrected chi connectivity index (χ3v) is 5.13. The quantitative estimate of drug-likeness (QED) is 0.724. The molecule has 1 saturated heterocycles. The second-order valence-corrected chi connectivity index (χ2v) is 6.59. The second kappa shape index (κ2) is 4.71. The molecule has 0 saturated carbocycles. The molecule has 2 aliphatic heterocycles. The fraction of sp³-hybridized carbons (Fsp3) is 0.636. The van der Waals surface area contributed by atoms with Gasteiger partial charge in [0.25, 0.3) is 0 Å². The summed E-state index contributed by atoms with van der Waals surface area (Å²) < 4.78 is 2.29. The molecule has 6 heteroatoms. The van der Waals surface area contributed by atoms with Crippen LogP contribution in [0.1, 0.15) is 23.4 Å².